The molecule has 0 amide bonds. The van der Waals surface area contributed by atoms with E-state index in [0.717, 1.165) is 5.52 Å². The van der Waals surface area contributed by atoms with E-state index in [9.17, 15) is 14.0 Å². The van der Waals surface area contributed by atoms with E-state index in [4.69, 9.17) is 4.52 Å². The Morgan fingerprint density at radius 2 is 2.06 bits per heavy atom. The second-order valence-corrected chi connectivity index (χ2v) is 8.67. The number of hydrogen-bond donors (Lipinski definition) is 0. The summed E-state index contributed by atoms with van der Waals surface area (Å²) in [6.07, 6.45) is 3.59. The molecule has 5 aromatic rings. The van der Waals surface area contributed by atoms with E-state index < -0.39 is 0 Å². The van der Waals surface area contributed by atoms with Gasteiger partial charge in [0, 0.05) is 24.6 Å². The van der Waals surface area contributed by atoms with Crippen molar-refractivity contribution < 1.29 is 18.5 Å². The first-order chi connectivity index (χ1) is 15.5. The molecule has 32 heavy (non-hydrogen) atoms. The number of Topliss-reactive ketones (excluding diaryl/α,β-unsaturated/α-hetero) is 2. The van der Waals surface area contributed by atoms with Crippen LogP contribution < -0.4 is 0 Å². The Morgan fingerprint density at radius 3 is 2.94 bits per heavy atom. The summed E-state index contributed by atoms with van der Waals surface area (Å²) in [4.78, 5) is 29.8. The van der Waals surface area contributed by atoms with Crippen LogP contribution in [0.15, 0.2) is 59.4 Å². The fraction of sp³-hybridized carbons (Fsp3) is 0.174. The number of ketones is 2. The Morgan fingerprint density at radius 1 is 1.19 bits per heavy atom. The highest BCUT2D eigenvalue weighted by molar-refractivity contribution is 7.18. The minimum absolute atomic E-state index is 0.0330. The second kappa shape index (κ2) is 8.08. The van der Waals surface area contributed by atoms with Gasteiger partial charge in [-0.2, -0.15) is 5.10 Å². The van der Waals surface area contributed by atoms with Gasteiger partial charge in [0.25, 0.3) is 0 Å². The molecule has 0 fully saturated rings. The Hall–Kier alpha value is -3.72. The maximum atomic E-state index is 13.4. The van der Waals surface area contributed by atoms with Crippen LogP contribution in [0.4, 0.5) is 4.39 Å². The van der Waals surface area contributed by atoms with E-state index in [1.807, 2.05) is 25.1 Å². The van der Waals surface area contributed by atoms with Crippen molar-refractivity contribution in [2.45, 2.75) is 25.7 Å². The summed E-state index contributed by atoms with van der Waals surface area (Å²) in [5.74, 6) is -0.801. The number of pyridine rings is 1. The number of aromatic nitrogens is 4. The predicted octanol–water partition coefficient (Wildman–Crippen LogP) is 4.87. The van der Waals surface area contributed by atoms with Crippen LogP contribution in [0.3, 0.4) is 0 Å². The van der Waals surface area contributed by atoms with E-state index >= 15 is 0 Å². The molecule has 0 aliphatic rings. The molecule has 1 aromatic carbocycles. The molecule has 7 nitrogen and oxygen atoms in total. The van der Waals surface area contributed by atoms with Crippen molar-refractivity contribution in [3.63, 3.8) is 0 Å². The van der Waals surface area contributed by atoms with Gasteiger partial charge in [0.15, 0.2) is 5.78 Å². The van der Waals surface area contributed by atoms with Crippen molar-refractivity contribution in [1.29, 1.82) is 0 Å². The Balaban J connectivity index is 1.27. The van der Waals surface area contributed by atoms with E-state index in [1.54, 1.807) is 29.0 Å². The van der Waals surface area contributed by atoms with E-state index in [2.05, 4.69) is 15.2 Å². The topological polar surface area (TPSA) is 90.4 Å². The first kappa shape index (κ1) is 20.2. The number of carbonyl (C=O) groups excluding carboxylic acids is 2. The highest BCUT2D eigenvalue weighted by Gasteiger charge is 2.22. The SMILES string of the molecule is C[C@@H](CC(=O)c1cnn2ccccc12)c1cc(C(=O)Cc2nc3ccc(F)cc3s2)on1. The zero-order chi connectivity index (χ0) is 22.2. The molecule has 4 heterocycles. The van der Waals surface area contributed by atoms with Crippen LogP contribution >= 0.6 is 11.3 Å². The minimum Gasteiger partial charge on any atom is -0.353 e. The molecule has 0 aliphatic carbocycles. The quantitative estimate of drug-likeness (QED) is 0.330. The van der Waals surface area contributed by atoms with Gasteiger partial charge in [-0.1, -0.05) is 18.1 Å². The molecule has 0 bridgehead atoms. The highest BCUT2D eigenvalue weighted by Crippen LogP contribution is 2.26. The van der Waals surface area contributed by atoms with Crippen LogP contribution in [0.2, 0.25) is 0 Å². The fourth-order valence-electron chi connectivity index (χ4n) is 3.54. The van der Waals surface area contributed by atoms with Crippen LogP contribution in [0.5, 0.6) is 0 Å². The van der Waals surface area contributed by atoms with Crippen molar-refractivity contribution in [2.75, 3.05) is 0 Å². The summed E-state index contributed by atoms with van der Waals surface area (Å²) in [6, 6.07) is 11.4. The lowest BCUT2D eigenvalue weighted by Crippen LogP contribution is -2.05. The molecule has 0 saturated heterocycles. The average molecular weight is 448 g/mol. The van der Waals surface area contributed by atoms with E-state index in [0.29, 0.717) is 26.5 Å². The second-order valence-electron chi connectivity index (χ2n) is 7.55. The zero-order valence-electron chi connectivity index (χ0n) is 17.0. The van der Waals surface area contributed by atoms with E-state index in [1.165, 1.54) is 23.5 Å². The molecule has 4 aromatic heterocycles. The number of rotatable bonds is 7. The lowest BCUT2D eigenvalue weighted by atomic mass is 9.97. The molecule has 0 N–H and O–H groups in total. The van der Waals surface area contributed by atoms with Gasteiger partial charge in [-0.25, -0.2) is 13.9 Å². The number of carbonyl (C=O) groups is 2. The summed E-state index contributed by atoms with van der Waals surface area (Å²) in [6.45, 7) is 1.86. The van der Waals surface area contributed by atoms with Crippen molar-refractivity contribution in [1.82, 2.24) is 19.8 Å². The molecular formula is C23H17FN4O3S. The summed E-state index contributed by atoms with van der Waals surface area (Å²) in [5, 5.41) is 8.77. The Labute approximate surface area is 185 Å². The fourth-order valence-corrected chi connectivity index (χ4v) is 4.53. The standard InChI is InChI=1S/C23H17FN4O3S/c1-13(8-19(29)15-12-25-28-7-3-2-4-18(15)28)17-10-21(31-27-17)20(30)11-23-26-16-6-5-14(24)9-22(16)32-23/h2-7,9-10,12-13H,8,11H2,1H3/t13-/m0/s1. The van der Waals surface area contributed by atoms with Gasteiger partial charge >= 0.3 is 0 Å². The molecule has 160 valence electrons. The van der Waals surface area contributed by atoms with Gasteiger partial charge in [0.05, 0.1) is 39.6 Å². The number of thiazole rings is 1. The summed E-state index contributed by atoms with van der Waals surface area (Å²) < 4.78 is 21.0. The molecule has 1 atom stereocenters. The molecule has 9 heteroatoms. The Bertz CT molecular complexity index is 1470. The lowest BCUT2D eigenvalue weighted by molar-refractivity contribution is 0.0952. The molecule has 0 spiro atoms. The smallest absolute Gasteiger partial charge is 0.207 e. The molecule has 5 rings (SSSR count). The third kappa shape index (κ3) is 3.82. The third-order valence-electron chi connectivity index (χ3n) is 5.23. The minimum atomic E-state index is -0.341. The Kier molecular flexibility index (Phi) is 5.10. The lowest BCUT2D eigenvalue weighted by Gasteiger charge is -2.05. The highest BCUT2D eigenvalue weighted by atomic mass is 32.1. The van der Waals surface area contributed by atoms with Crippen LogP contribution in [-0.4, -0.2) is 31.3 Å². The van der Waals surface area contributed by atoms with Crippen molar-refractivity contribution in [3.05, 3.63) is 82.7 Å². The molecular weight excluding hydrogens is 431 g/mol. The largest absolute Gasteiger partial charge is 0.353 e. The average Bonchev–Trinajstić information content (AvgIpc) is 3.51. The van der Waals surface area contributed by atoms with Crippen molar-refractivity contribution in [2.24, 2.45) is 0 Å². The predicted molar refractivity (Wildman–Crippen MR) is 117 cm³/mol. The van der Waals surface area contributed by atoms with Gasteiger partial charge in [-0.15, -0.1) is 11.3 Å². The summed E-state index contributed by atoms with van der Waals surface area (Å²) >= 11 is 1.27. The van der Waals surface area contributed by atoms with Crippen LogP contribution in [-0.2, 0) is 6.42 Å². The number of nitrogens with zero attached hydrogens (tertiary/aromatic N) is 4. The van der Waals surface area contributed by atoms with Gasteiger partial charge < -0.3 is 4.52 Å². The molecule has 0 unspecified atom stereocenters. The monoisotopic (exact) mass is 448 g/mol. The summed E-state index contributed by atoms with van der Waals surface area (Å²) in [5.41, 5.74) is 2.47. The van der Waals surface area contributed by atoms with Crippen LogP contribution in [0, 0.1) is 5.82 Å². The van der Waals surface area contributed by atoms with Gasteiger partial charge in [-0.05, 0) is 30.3 Å². The van der Waals surface area contributed by atoms with Gasteiger partial charge in [0.2, 0.25) is 11.5 Å². The molecule has 0 aliphatic heterocycles. The number of benzene rings is 1. The maximum absolute atomic E-state index is 13.4. The zero-order valence-corrected chi connectivity index (χ0v) is 17.8. The first-order valence-corrected chi connectivity index (χ1v) is 10.8. The number of hydrogen-bond acceptors (Lipinski definition) is 7. The van der Waals surface area contributed by atoms with E-state index in [-0.39, 0.29) is 41.9 Å². The molecule has 0 saturated carbocycles. The summed E-state index contributed by atoms with van der Waals surface area (Å²) in [7, 11) is 0. The van der Waals surface area contributed by atoms with Crippen LogP contribution in [0.25, 0.3) is 15.7 Å². The number of halogens is 1. The van der Waals surface area contributed by atoms with Crippen molar-refractivity contribution >= 4 is 38.6 Å². The normalized spacial score (nSPS) is 12.4. The first-order valence-electron chi connectivity index (χ1n) is 9.98. The third-order valence-corrected chi connectivity index (χ3v) is 6.25. The van der Waals surface area contributed by atoms with Crippen molar-refractivity contribution in [3.8, 4) is 0 Å². The number of fused-ring (bicyclic) bond motifs is 2. The van der Waals surface area contributed by atoms with Gasteiger partial charge in [-0.3, -0.25) is 9.59 Å². The van der Waals surface area contributed by atoms with Gasteiger partial charge in [0.1, 0.15) is 10.8 Å². The molecule has 0 radical (unpaired) electrons. The van der Waals surface area contributed by atoms with Crippen LogP contribution in [0.1, 0.15) is 50.9 Å². The maximum Gasteiger partial charge on any atom is 0.207 e.